The van der Waals surface area contributed by atoms with Crippen molar-refractivity contribution in [3.05, 3.63) is 42.8 Å². The average molecular weight is 227 g/mol. The van der Waals surface area contributed by atoms with E-state index in [2.05, 4.69) is 19.2 Å². The molecule has 1 aromatic carbocycles. The number of rotatable bonds is 0. The molecule has 0 radical (unpaired) electrons. The van der Waals surface area contributed by atoms with E-state index in [-0.39, 0.29) is 11.5 Å². The van der Waals surface area contributed by atoms with Crippen LogP contribution in [-0.4, -0.2) is 11.5 Å². The minimum absolute atomic E-state index is 0.0810. The van der Waals surface area contributed by atoms with Crippen LogP contribution in [0.3, 0.4) is 0 Å². The van der Waals surface area contributed by atoms with Gasteiger partial charge in [0.2, 0.25) is 0 Å². The van der Waals surface area contributed by atoms with Crippen molar-refractivity contribution in [2.45, 2.75) is 6.29 Å². The first-order valence-corrected chi connectivity index (χ1v) is 4.36. The van der Waals surface area contributed by atoms with E-state index in [0.717, 1.165) is 0 Å². The highest BCUT2D eigenvalue weighted by Gasteiger charge is 2.42. The number of fused-ring (bicyclic) bond motifs is 1. The second kappa shape index (κ2) is 4.18. The molecule has 2 heterocycles. The highest BCUT2D eigenvalue weighted by molar-refractivity contribution is 5.41. The molecule has 4 nitrogen and oxygen atoms in total. The third kappa shape index (κ3) is 2.47. The Hall–Kier alpha value is -2.11. The van der Waals surface area contributed by atoms with Crippen molar-refractivity contribution in [1.82, 2.24) is 5.16 Å². The minimum Gasteiger partial charge on any atom is -0.395 e. The van der Waals surface area contributed by atoms with Gasteiger partial charge in [-0.2, -0.15) is 0 Å². The second-order valence-corrected chi connectivity index (χ2v) is 2.80. The van der Waals surface area contributed by atoms with Crippen molar-refractivity contribution in [1.29, 1.82) is 0 Å². The second-order valence-electron chi connectivity index (χ2n) is 2.80. The Balaban J connectivity index is 0.000000162. The van der Waals surface area contributed by atoms with Gasteiger partial charge in [-0.3, -0.25) is 0 Å². The minimum atomic E-state index is -3.50. The van der Waals surface area contributed by atoms with Gasteiger partial charge in [-0.15, -0.1) is 8.78 Å². The summed E-state index contributed by atoms with van der Waals surface area (Å²) in [7, 11) is 0. The molecule has 1 aliphatic rings. The zero-order chi connectivity index (χ0) is 11.4. The van der Waals surface area contributed by atoms with Gasteiger partial charge in [-0.05, 0) is 18.2 Å². The molecule has 0 aliphatic carbocycles. The zero-order valence-corrected chi connectivity index (χ0v) is 7.97. The van der Waals surface area contributed by atoms with Crippen LogP contribution in [0.25, 0.3) is 0 Å². The summed E-state index contributed by atoms with van der Waals surface area (Å²) in [5, 5.41) is 3.35. The normalized spacial score (nSPS) is 15.1. The van der Waals surface area contributed by atoms with Crippen molar-refractivity contribution < 1.29 is 22.8 Å². The topological polar surface area (TPSA) is 44.5 Å². The number of ether oxygens (including phenoxy) is 2. The maximum absolute atomic E-state index is 12.3. The van der Waals surface area contributed by atoms with Gasteiger partial charge in [0.1, 0.15) is 6.26 Å². The third-order valence-corrected chi connectivity index (χ3v) is 1.65. The van der Waals surface area contributed by atoms with Crippen molar-refractivity contribution in [3.63, 3.8) is 0 Å². The largest absolute Gasteiger partial charge is 0.586 e. The van der Waals surface area contributed by atoms with Crippen LogP contribution in [0.4, 0.5) is 8.78 Å². The molecule has 0 bridgehead atoms. The van der Waals surface area contributed by atoms with E-state index < -0.39 is 6.29 Å². The Kier molecular flexibility index (Phi) is 2.72. The predicted octanol–water partition coefficient (Wildman–Crippen LogP) is 2.68. The molecule has 0 saturated carbocycles. The number of nitrogens with zero attached hydrogens (tertiary/aromatic N) is 1. The van der Waals surface area contributed by atoms with E-state index in [1.165, 1.54) is 18.4 Å². The van der Waals surface area contributed by atoms with Gasteiger partial charge in [-0.1, -0.05) is 17.3 Å². The summed E-state index contributed by atoms with van der Waals surface area (Å²) < 4.78 is 37.2. The van der Waals surface area contributed by atoms with E-state index in [0.29, 0.717) is 0 Å². The molecule has 0 unspecified atom stereocenters. The molecule has 0 saturated heterocycles. The molecule has 6 heteroatoms. The molecule has 0 atom stereocenters. The molecule has 3 rings (SSSR count). The van der Waals surface area contributed by atoms with Gasteiger partial charge in [0.15, 0.2) is 11.5 Å². The molecule has 0 amide bonds. The number of hydrogen-bond acceptors (Lipinski definition) is 4. The standard InChI is InChI=1S/C7H4F2O2.C3H3NO/c8-7(9)10-5-3-1-2-4-6(5)11-7;1-2-4-5-3-1/h1-4H;1-3H. The summed E-state index contributed by atoms with van der Waals surface area (Å²) in [6.07, 6.45) is -0.399. The molecule has 84 valence electrons. The fraction of sp³-hybridized carbons (Fsp3) is 0.100. The van der Waals surface area contributed by atoms with E-state index >= 15 is 0 Å². The van der Waals surface area contributed by atoms with Crippen LogP contribution in [0.15, 0.2) is 47.3 Å². The van der Waals surface area contributed by atoms with Gasteiger partial charge >= 0.3 is 6.29 Å². The Bertz CT molecular complexity index is 401. The number of benzene rings is 1. The number of aromatic nitrogens is 1. The number of para-hydroxylation sites is 2. The Labute approximate surface area is 89.4 Å². The molecule has 0 N–H and O–H groups in total. The monoisotopic (exact) mass is 227 g/mol. The summed E-state index contributed by atoms with van der Waals surface area (Å²) in [5.41, 5.74) is 0. The van der Waals surface area contributed by atoms with Crippen LogP contribution in [0.5, 0.6) is 11.5 Å². The number of hydrogen-bond donors (Lipinski definition) is 0. The van der Waals surface area contributed by atoms with Crippen LogP contribution < -0.4 is 9.47 Å². The first-order valence-electron chi connectivity index (χ1n) is 4.36. The fourth-order valence-electron chi connectivity index (χ4n) is 1.07. The van der Waals surface area contributed by atoms with E-state index in [1.54, 1.807) is 24.4 Å². The van der Waals surface area contributed by atoms with Crippen molar-refractivity contribution in [2.75, 3.05) is 0 Å². The molecule has 1 aliphatic heterocycles. The van der Waals surface area contributed by atoms with Gasteiger partial charge in [0.05, 0.1) is 6.20 Å². The number of halogens is 2. The maximum Gasteiger partial charge on any atom is 0.586 e. The van der Waals surface area contributed by atoms with Gasteiger partial charge < -0.3 is 14.0 Å². The van der Waals surface area contributed by atoms with Crippen LogP contribution >= 0.6 is 0 Å². The summed E-state index contributed by atoms with van der Waals surface area (Å²) in [5.74, 6) is 0.162. The lowest BCUT2D eigenvalue weighted by atomic mass is 10.3. The molecular formula is C10H7F2NO3. The smallest absolute Gasteiger partial charge is 0.395 e. The maximum atomic E-state index is 12.3. The third-order valence-electron chi connectivity index (χ3n) is 1.65. The Morgan fingerprint density at radius 1 is 1.00 bits per heavy atom. The van der Waals surface area contributed by atoms with Gasteiger partial charge in [0, 0.05) is 0 Å². The lowest BCUT2D eigenvalue weighted by molar-refractivity contribution is -0.286. The highest BCUT2D eigenvalue weighted by Crippen LogP contribution is 2.39. The summed E-state index contributed by atoms with van der Waals surface area (Å²) >= 11 is 0. The van der Waals surface area contributed by atoms with Crippen LogP contribution in [0, 0.1) is 0 Å². The lowest BCUT2D eigenvalue weighted by Gasteiger charge is -2.04. The van der Waals surface area contributed by atoms with Gasteiger partial charge in [-0.25, -0.2) is 0 Å². The molecular weight excluding hydrogens is 220 g/mol. The Morgan fingerprint density at radius 2 is 1.62 bits per heavy atom. The highest BCUT2D eigenvalue weighted by atomic mass is 19.3. The van der Waals surface area contributed by atoms with Gasteiger partial charge in [0.25, 0.3) is 0 Å². The lowest BCUT2D eigenvalue weighted by Crippen LogP contribution is -2.25. The summed E-state index contributed by atoms with van der Waals surface area (Å²) in [4.78, 5) is 0. The molecule has 0 spiro atoms. The fourth-order valence-corrected chi connectivity index (χ4v) is 1.07. The van der Waals surface area contributed by atoms with E-state index in [9.17, 15) is 8.78 Å². The van der Waals surface area contributed by atoms with Crippen LogP contribution in [0.1, 0.15) is 0 Å². The average Bonchev–Trinajstić information content (AvgIpc) is 2.84. The van der Waals surface area contributed by atoms with Crippen molar-refractivity contribution in [3.8, 4) is 11.5 Å². The van der Waals surface area contributed by atoms with Crippen LogP contribution in [0.2, 0.25) is 0 Å². The van der Waals surface area contributed by atoms with Crippen molar-refractivity contribution >= 4 is 0 Å². The predicted molar refractivity (Wildman–Crippen MR) is 49.1 cm³/mol. The number of alkyl halides is 2. The first-order chi connectivity index (χ1) is 7.67. The molecule has 2 aromatic rings. The van der Waals surface area contributed by atoms with Crippen molar-refractivity contribution in [2.24, 2.45) is 0 Å². The summed E-state index contributed by atoms with van der Waals surface area (Å²) in [6.45, 7) is 0. The Morgan fingerprint density at radius 3 is 2.00 bits per heavy atom. The molecule has 1 aromatic heterocycles. The SMILES string of the molecule is FC1(F)Oc2ccccc2O1.c1cnoc1. The first kappa shape index (κ1) is 10.4. The zero-order valence-electron chi connectivity index (χ0n) is 7.97. The quantitative estimate of drug-likeness (QED) is 0.694. The molecule has 16 heavy (non-hydrogen) atoms. The van der Waals surface area contributed by atoms with E-state index in [1.807, 2.05) is 0 Å². The van der Waals surface area contributed by atoms with Crippen LogP contribution in [-0.2, 0) is 0 Å². The van der Waals surface area contributed by atoms with E-state index in [4.69, 9.17) is 0 Å². The summed E-state index contributed by atoms with van der Waals surface area (Å²) in [6, 6.07) is 7.78. The molecule has 0 fully saturated rings.